The molecule has 6 nitrogen and oxygen atoms in total. The molecule has 0 aromatic carbocycles. The molecule has 0 aromatic rings. The van der Waals surface area contributed by atoms with Gasteiger partial charge in [-0.05, 0) is 42.3 Å². The van der Waals surface area contributed by atoms with Gasteiger partial charge in [-0.2, -0.15) is 0 Å². The molecule has 0 rings (SSSR count). The van der Waals surface area contributed by atoms with Crippen molar-refractivity contribution >= 4 is 5.91 Å². The molecule has 0 aliphatic rings. The van der Waals surface area contributed by atoms with E-state index in [9.17, 15) is 4.79 Å². The van der Waals surface area contributed by atoms with Crippen LogP contribution in [-0.4, -0.2) is 90.7 Å². The first kappa shape index (κ1) is 20.6. The fourth-order valence-corrected chi connectivity index (χ4v) is 1.08. The fraction of sp³-hybridized carbons (Fsp3) is 0.923. The summed E-state index contributed by atoms with van der Waals surface area (Å²) in [6.07, 6.45) is 0.559. The lowest BCUT2D eigenvalue weighted by Gasteiger charge is -2.09. The standard InChI is InChI=1S/C8H19N3O.C5H14N2/c1-9-5-4-8(12)10-6-7-11(2)3;1-6-4-5-7(2)3/h9H,4-7H2,1-3H3,(H,10,12);6H,4-5H2,1-3H3. The predicted octanol–water partition coefficient (Wildman–Crippen LogP) is -0.959. The Morgan fingerprint density at radius 2 is 1.32 bits per heavy atom. The molecule has 116 valence electrons. The molecule has 3 N–H and O–H groups in total. The molecule has 0 aromatic heterocycles. The summed E-state index contributed by atoms with van der Waals surface area (Å²) in [7, 11) is 11.9. The van der Waals surface area contributed by atoms with Gasteiger partial charge in [0.15, 0.2) is 0 Å². The van der Waals surface area contributed by atoms with E-state index in [1.54, 1.807) is 0 Å². The normalized spacial score (nSPS) is 10.3. The number of hydrogen-bond acceptors (Lipinski definition) is 5. The van der Waals surface area contributed by atoms with Gasteiger partial charge in [-0.3, -0.25) is 4.79 Å². The monoisotopic (exact) mass is 275 g/mol. The third-order valence-electron chi connectivity index (χ3n) is 2.29. The van der Waals surface area contributed by atoms with Crippen LogP contribution in [-0.2, 0) is 4.79 Å². The van der Waals surface area contributed by atoms with Crippen molar-refractivity contribution in [2.75, 3.05) is 75.0 Å². The molecular weight excluding hydrogens is 242 g/mol. The zero-order valence-corrected chi connectivity index (χ0v) is 13.5. The van der Waals surface area contributed by atoms with Crippen molar-refractivity contribution in [3.05, 3.63) is 0 Å². The van der Waals surface area contributed by atoms with Gasteiger partial charge in [0.25, 0.3) is 0 Å². The second-order valence-corrected chi connectivity index (χ2v) is 4.91. The maximum Gasteiger partial charge on any atom is 0.221 e. The molecule has 0 saturated carbocycles. The maximum atomic E-state index is 11.0. The van der Waals surface area contributed by atoms with Crippen molar-refractivity contribution in [1.82, 2.24) is 25.8 Å². The van der Waals surface area contributed by atoms with Gasteiger partial charge in [-0.25, -0.2) is 0 Å². The molecule has 1 amide bonds. The minimum absolute atomic E-state index is 0.117. The van der Waals surface area contributed by atoms with Gasteiger partial charge in [-0.15, -0.1) is 0 Å². The summed E-state index contributed by atoms with van der Waals surface area (Å²) < 4.78 is 0. The van der Waals surface area contributed by atoms with E-state index < -0.39 is 0 Å². The molecule has 0 bridgehead atoms. The van der Waals surface area contributed by atoms with Crippen molar-refractivity contribution in [3.8, 4) is 0 Å². The lowest BCUT2D eigenvalue weighted by Crippen LogP contribution is -2.32. The third-order valence-corrected chi connectivity index (χ3v) is 2.29. The molecule has 0 saturated heterocycles. The van der Waals surface area contributed by atoms with E-state index in [1.165, 1.54) is 0 Å². The number of carbonyl (C=O) groups is 1. The van der Waals surface area contributed by atoms with Crippen molar-refractivity contribution in [2.24, 2.45) is 0 Å². The van der Waals surface area contributed by atoms with E-state index in [1.807, 2.05) is 33.1 Å². The van der Waals surface area contributed by atoms with Crippen molar-refractivity contribution in [1.29, 1.82) is 0 Å². The minimum Gasteiger partial charge on any atom is -0.355 e. The Morgan fingerprint density at radius 3 is 1.68 bits per heavy atom. The molecule has 6 heteroatoms. The average Bonchev–Trinajstić information content (AvgIpc) is 2.34. The van der Waals surface area contributed by atoms with E-state index in [0.29, 0.717) is 6.42 Å². The zero-order valence-electron chi connectivity index (χ0n) is 13.5. The highest BCUT2D eigenvalue weighted by atomic mass is 16.1. The number of hydrogen-bond donors (Lipinski definition) is 3. The summed E-state index contributed by atoms with van der Waals surface area (Å²) in [5, 5.41) is 8.81. The predicted molar refractivity (Wildman–Crippen MR) is 82.6 cm³/mol. The highest BCUT2D eigenvalue weighted by Gasteiger charge is 1.98. The molecule has 0 atom stereocenters. The topological polar surface area (TPSA) is 59.6 Å². The number of nitrogens with one attached hydrogen (secondary N) is 3. The van der Waals surface area contributed by atoms with Crippen LogP contribution in [0.25, 0.3) is 0 Å². The van der Waals surface area contributed by atoms with Gasteiger partial charge in [0.2, 0.25) is 5.91 Å². The Labute approximate surface area is 118 Å². The molecule has 0 radical (unpaired) electrons. The number of nitrogens with zero attached hydrogens (tertiary/aromatic N) is 2. The number of rotatable bonds is 9. The van der Waals surface area contributed by atoms with Crippen LogP contribution in [0.15, 0.2) is 0 Å². The summed E-state index contributed by atoms with van der Waals surface area (Å²) >= 11 is 0. The summed E-state index contributed by atoms with van der Waals surface area (Å²) in [5.74, 6) is 0.117. The highest BCUT2D eigenvalue weighted by Crippen LogP contribution is 1.77. The van der Waals surface area contributed by atoms with Crippen LogP contribution < -0.4 is 16.0 Å². The first-order valence-electron chi connectivity index (χ1n) is 6.79. The Kier molecular flexibility index (Phi) is 16.7. The van der Waals surface area contributed by atoms with Crippen molar-refractivity contribution < 1.29 is 4.79 Å². The molecule has 0 aliphatic heterocycles. The van der Waals surface area contributed by atoms with Crippen LogP contribution in [0.1, 0.15) is 6.42 Å². The lowest BCUT2D eigenvalue weighted by molar-refractivity contribution is -0.121. The van der Waals surface area contributed by atoms with Crippen LogP contribution in [0.3, 0.4) is 0 Å². The highest BCUT2D eigenvalue weighted by molar-refractivity contribution is 5.75. The van der Waals surface area contributed by atoms with E-state index in [4.69, 9.17) is 0 Å². The first-order valence-corrected chi connectivity index (χ1v) is 6.79. The quantitative estimate of drug-likeness (QED) is 0.506. The first-order chi connectivity index (χ1) is 8.93. The maximum absolute atomic E-state index is 11.0. The summed E-state index contributed by atoms with van der Waals surface area (Å²) in [6, 6.07) is 0. The van der Waals surface area contributed by atoms with Gasteiger partial charge < -0.3 is 25.8 Å². The Balaban J connectivity index is 0. The number of amides is 1. The Hall–Kier alpha value is -0.690. The molecule has 0 fully saturated rings. The molecule has 0 spiro atoms. The average molecular weight is 275 g/mol. The second-order valence-electron chi connectivity index (χ2n) is 4.91. The van der Waals surface area contributed by atoms with Crippen LogP contribution in [0.4, 0.5) is 0 Å². The smallest absolute Gasteiger partial charge is 0.221 e. The summed E-state index contributed by atoms with van der Waals surface area (Å²) in [6.45, 7) is 4.57. The van der Waals surface area contributed by atoms with E-state index in [-0.39, 0.29) is 5.91 Å². The van der Waals surface area contributed by atoms with Crippen LogP contribution >= 0.6 is 0 Å². The van der Waals surface area contributed by atoms with Gasteiger partial charge in [0, 0.05) is 39.1 Å². The lowest BCUT2D eigenvalue weighted by atomic mass is 10.4. The Morgan fingerprint density at radius 1 is 0.842 bits per heavy atom. The van der Waals surface area contributed by atoms with Crippen LogP contribution in [0.5, 0.6) is 0 Å². The van der Waals surface area contributed by atoms with Gasteiger partial charge in [0.1, 0.15) is 0 Å². The molecule has 0 heterocycles. The SMILES string of the molecule is CNCCC(=O)NCCN(C)C.CNCCN(C)C. The summed E-state index contributed by atoms with van der Waals surface area (Å²) in [5.41, 5.74) is 0. The Bertz CT molecular complexity index is 197. The number of carbonyl (C=O) groups excluding carboxylic acids is 1. The van der Waals surface area contributed by atoms with Gasteiger partial charge in [-0.1, -0.05) is 0 Å². The molecule has 0 aliphatic carbocycles. The minimum atomic E-state index is 0.117. The molecule has 19 heavy (non-hydrogen) atoms. The number of likely N-dealkylation sites (N-methyl/N-ethyl adjacent to an activating group) is 3. The van der Waals surface area contributed by atoms with E-state index >= 15 is 0 Å². The fourth-order valence-electron chi connectivity index (χ4n) is 1.08. The van der Waals surface area contributed by atoms with Crippen molar-refractivity contribution in [2.45, 2.75) is 6.42 Å². The third kappa shape index (κ3) is 22.9. The van der Waals surface area contributed by atoms with Crippen LogP contribution in [0.2, 0.25) is 0 Å². The van der Waals surface area contributed by atoms with Gasteiger partial charge in [0.05, 0.1) is 0 Å². The van der Waals surface area contributed by atoms with Crippen LogP contribution in [0, 0.1) is 0 Å². The second kappa shape index (κ2) is 15.4. The van der Waals surface area contributed by atoms with Crippen molar-refractivity contribution in [3.63, 3.8) is 0 Å². The van der Waals surface area contributed by atoms with Gasteiger partial charge >= 0.3 is 0 Å². The summed E-state index contributed by atoms with van der Waals surface area (Å²) in [4.78, 5) is 15.2. The largest absolute Gasteiger partial charge is 0.355 e. The molecule has 0 unspecified atom stereocenters. The zero-order chi connectivity index (χ0) is 15.1. The molecular formula is C13H33N5O. The van der Waals surface area contributed by atoms with E-state index in [2.05, 4.69) is 34.9 Å². The van der Waals surface area contributed by atoms with E-state index in [0.717, 1.165) is 32.7 Å².